The molecule has 5 nitrogen and oxygen atoms in total. The van der Waals surface area contributed by atoms with Gasteiger partial charge in [-0.3, -0.25) is 9.59 Å². The Kier molecular flexibility index (Phi) is 4.83. The number of hydrogen-bond donors (Lipinski definition) is 1. The number of benzene rings is 1. The van der Waals surface area contributed by atoms with Gasteiger partial charge in [-0.15, -0.1) is 0 Å². The first kappa shape index (κ1) is 15.4. The predicted octanol–water partition coefficient (Wildman–Crippen LogP) is 2.37. The number of aromatic hydroxyl groups is 1. The summed E-state index contributed by atoms with van der Waals surface area (Å²) in [5, 5.41) is 9.81. The highest BCUT2D eigenvalue weighted by molar-refractivity contribution is 6.02. The fourth-order valence-electron chi connectivity index (χ4n) is 2.74. The first-order valence-corrected chi connectivity index (χ1v) is 7.29. The van der Waals surface area contributed by atoms with E-state index in [1.165, 1.54) is 13.2 Å². The number of phenols is 1. The first-order valence-electron chi connectivity index (χ1n) is 7.29. The Morgan fingerprint density at radius 2 is 2.24 bits per heavy atom. The summed E-state index contributed by atoms with van der Waals surface area (Å²) in [6.45, 7) is 2.63. The second-order valence-electron chi connectivity index (χ2n) is 5.25. The van der Waals surface area contributed by atoms with Gasteiger partial charge in [0.1, 0.15) is 0 Å². The van der Waals surface area contributed by atoms with Crippen LogP contribution in [0.3, 0.4) is 0 Å². The minimum atomic E-state index is -0.433. The van der Waals surface area contributed by atoms with Crippen LogP contribution in [0.5, 0.6) is 11.5 Å². The summed E-state index contributed by atoms with van der Waals surface area (Å²) in [7, 11) is 1.46. The molecule has 2 rings (SSSR count). The Hall–Kier alpha value is -2.04. The average Bonchev–Trinajstić information content (AvgIpc) is 2.90. The molecule has 1 N–H and O–H groups in total. The Balaban J connectivity index is 2.25. The van der Waals surface area contributed by atoms with Gasteiger partial charge in [-0.1, -0.05) is 13.3 Å². The van der Waals surface area contributed by atoms with E-state index < -0.39 is 6.04 Å². The second kappa shape index (κ2) is 6.61. The van der Waals surface area contributed by atoms with E-state index in [0.717, 1.165) is 12.8 Å². The normalized spacial score (nSPS) is 16.1. The number of carbonyl (C=O) groups is 2. The third-order valence-electron chi connectivity index (χ3n) is 3.81. The van der Waals surface area contributed by atoms with Crippen LogP contribution in [0.1, 0.15) is 43.0 Å². The second-order valence-corrected chi connectivity index (χ2v) is 5.25. The predicted molar refractivity (Wildman–Crippen MR) is 78.6 cm³/mol. The zero-order valence-electron chi connectivity index (χ0n) is 12.5. The number of ketones is 1. The SMILES string of the molecule is CCCC(C(=O)c1ccc(OC)c(O)c1)N1CCCC1=O. The van der Waals surface area contributed by atoms with Crippen molar-refractivity contribution >= 4 is 11.7 Å². The molecule has 1 aliphatic heterocycles. The summed E-state index contributed by atoms with van der Waals surface area (Å²) in [4.78, 5) is 26.2. The molecule has 1 saturated heterocycles. The molecule has 0 spiro atoms. The van der Waals surface area contributed by atoms with E-state index in [1.807, 2.05) is 6.92 Å². The van der Waals surface area contributed by atoms with Crippen molar-refractivity contribution in [3.8, 4) is 11.5 Å². The third kappa shape index (κ3) is 3.17. The molecule has 1 fully saturated rings. The van der Waals surface area contributed by atoms with Crippen LogP contribution >= 0.6 is 0 Å². The standard InChI is InChI=1S/C16H21NO4/c1-3-5-12(17-9-4-6-15(17)19)16(20)11-7-8-14(21-2)13(18)10-11/h7-8,10,12,18H,3-6,9H2,1-2H3. The van der Waals surface area contributed by atoms with Crippen molar-refractivity contribution in [2.24, 2.45) is 0 Å². The van der Waals surface area contributed by atoms with Gasteiger partial charge in [0, 0.05) is 18.5 Å². The van der Waals surface area contributed by atoms with Gasteiger partial charge in [-0.2, -0.15) is 0 Å². The van der Waals surface area contributed by atoms with Crippen molar-refractivity contribution in [2.45, 2.75) is 38.6 Å². The average molecular weight is 291 g/mol. The van der Waals surface area contributed by atoms with Gasteiger partial charge in [0.15, 0.2) is 17.3 Å². The van der Waals surface area contributed by atoms with E-state index >= 15 is 0 Å². The molecule has 0 aromatic heterocycles. The Labute approximate surface area is 124 Å². The van der Waals surface area contributed by atoms with Crippen LogP contribution in [-0.2, 0) is 4.79 Å². The van der Waals surface area contributed by atoms with Gasteiger partial charge in [-0.05, 0) is 31.0 Å². The van der Waals surface area contributed by atoms with E-state index in [1.54, 1.807) is 17.0 Å². The van der Waals surface area contributed by atoms with E-state index in [4.69, 9.17) is 4.74 Å². The highest BCUT2D eigenvalue weighted by Gasteiger charge is 2.32. The van der Waals surface area contributed by atoms with Crippen LogP contribution in [-0.4, -0.2) is 41.4 Å². The summed E-state index contributed by atoms with van der Waals surface area (Å²) >= 11 is 0. The van der Waals surface area contributed by atoms with Crippen LogP contribution in [0.2, 0.25) is 0 Å². The summed E-state index contributed by atoms with van der Waals surface area (Å²) in [6, 6.07) is 4.17. The van der Waals surface area contributed by atoms with Crippen LogP contribution in [0.15, 0.2) is 18.2 Å². The number of likely N-dealkylation sites (tertiary alicyclic amines) is 1. The summed E-state index contributed by atoms with van der Waals surface area (Å²) < 4.78 is 4.98. The smallest absolute Gasteiger partial charge is 0.223 e. The topological polar surface area (TPSA) is 66.8 Å². The Morgan fingerprint density at radius 1 is 1.48 bits per heavy atom. The van der Waals surface area contributed by atoms with Crippen molar-refractivity contribution in [2.75, 3.05) is 13.7 Å². The van der Waals surface area contributed by atoms with E-state index in [0.29, 0.717) is 30.7 Å². The number of hydrogen-bond acceptors (Lipinski definition) is 4. The van der Waals surface area contributed by atoms with Crippen LogP contribution in [0.25, 0.3) is 0 Å². The van der Waals surface area contributed by atoms with E-state index in [-0.39, 0.29) is 17.4 Å². The Bertz CT molecular complexity index is 541. The molecule has 1 unspecified atom stereocenters. The number of Topliss-reactive ketones (excluding diaryl/α,β-unsaturated/α-hetero) is 1. The molecule has 1 aromatic rings. The maximum atomic E-state index is 12.7. The molecular formula is C16H21NO4. The minimum Gasteiger partial charge on any atom is -0.504 e. The number of amides is 1. The maximum Gasteiger partial charge on any atom is 0.223 e. The number of phenolic OH excluding ortho intramolecular Hbond substituents is 1. The minimum absolute atomic E-state index is 0.0412. The van der Waals surface area contributed by atoms with Gasteiger partial charge in [0.05, 0.1) is 13.2 Å². The summed E-state index contributed by atoms with van der Waals surface area (Å²) in [5.41, 5.74) is 0.409. The van der Waals surface area contributed by atoms with Gasteiger partial charge >= 0.3 is 0 Å². The van der Waals surface area contributed by atoms with Gasteiger partial charge in [0.2, 0.25) is 5.91 Å². The molecule has 0 radical (unpaired) electrons. The van der Waals surface area contributed by atoms with Crippen LogP contribution < -0.4 is 4.74 Å². The lowest BCUT2D eigenvalue weighted by Gasteiger charge is -2.26. The highest BCUT2D eigenvalue weighted by atomic mass is 16.5. The molecule has 0 aliphatic carbocycles. The van der Waals surface area contributed by atoms with Gasteiger partial charge in [0.25, 0.3) is 0 Å². The number of ether oxygens (including phenoxy) is 1. The lowest BCUT2D eigenvalue weighted by atomic mass is 9.98. The molecule has 114 valence electrons. The van der Waals surface area contributed by atoms with Crippen LogP contribution in [0, 0.1) is 0 Å². The number of nitrogens with zero attached hydrogens (tertiary/aromatic N) is 1. The van der Waals surface area contributed by atoms with Crippen molar-refractivity contribution in [1.82, 2.24) is 4.90 Å². The van der Waals surface area contributed by atoms with Crippen LogP contribution in [0.4, 0.5) is 0 Å². The number of methoxy groups -OCH3 is 1. The first-order chi connectivity index (χ1) is 10.1. The molecule has 1 amide bonds. The largest absolute Gasteiger partial charge is 0.504 e. The molecule has 21 heavy (non-hydrogen) atoms. The quantitative estimate of drug-likeness (QED) is 0.817. The zero-order chi connectivity index (χ0) is 15.4. The fraction of sp³-hybridized carbons (Fsp3) is 0.500. The molecule has 0 bridgehead atoms. The number of rotatable bonds is 6. The number of carbonyl (C=O) groups excluding carboxylic acids is 2. The highest BCUT2D eigenvalue weighted by Crippen LogP contribution is 2.28. The summed E-state index contributed by atoms with van der Waals surface area (Å²) in [6.07, 6.45) is 2.78. The van der Waals surface area contributed by atoms with Crippen molar-refractivity contribution < 1.29 is 19.4 Å². The Morgan fingerprint density at radius 3 is 2.76 bits per heavy atom. The lowest BCUT2D eigenvalue weighted by molar-refractivity contribution is -0.129. The monoisotopic (exact) mass is 291 g/mol. The third-order valence-corrected chi connectivity index (χ3v) is 3.81. The molecule has 1 aromatic carbocycles. The molecular weight excluding hydrogens is 270 g/mol. The van der Waals surface area contributed by atoms with E-state index in [2.05, 4.69) is 0 Å². The maximum absolute atomic E-state index is 12.7. The molecule has 1 atom stereocenters. The lowest BCUT2D eigenvalue weighted by Crippen LogP contribution is -2.41. The molecule has 1 aliphatic rings. The summed E-state index contributed by atoms with van der Waals surface area (Å²) in [5.74, 6) is 0.187. The van der Waals surface area contributed by atoms with E-state index in [9.17, 15) is 14.7 Å². The van der Waals surface area contributed by atoms with Crippen molar-refractivity contribution in [3.05, 3.63) is 23.8 Å². The zero-order valence-corrected chi connectivity index (χ0v) is 12.5. The molecule has 1 heterocycles. The molecule has 0 saturated carbocycles. The fourth-order valence-corrected chi connectivity index (χ4v) is 2.74. The van der Waals surface area contributed by atoms with Crippen molar-refractivity contribution in [1.29, 1.82) is 0 Å². The van der Waals surface area contributed by atoms with Gasteiger partial charge in [-0.25, -0.2) is 0 Å². The van der Waals surface area contributed by atoms with Gasteiger partial charge < -0.3 is 14.7 Å². The van der Waals surface area contributed by atoms with Crippen molar-refractivity contribution in [3.63, 3.8) is 0 Å². The molecule has 5 heteroatoms.